The van der Waals surface area contributed by atoms with E-state index >= 15 is 0 Å². The minimum atomic E-state index is -1.30. The second kappa shape index (κ2) is 7.75. The number of hydrogen-bond donors (Lipinski definition) is 2. The Kier molecular flexibility index (Phi) is 4.79. The molecule has 1 heterocycles. The topological polar surface area (TPSA) is 71.5 Å². The third kappa shape index (κ3) is 3.47. The van der Waals surface area contributed by atoms with Crippen molar-refractivity contribution < 1.29 is 19.4 Å². The lowest BCUT2D eigenvalue weighted by Crippen LogP contribution is -2.25. The lowest BCUT2D eigenvalue weighted by molar-refractivity contribution is 0.137. The summed E-state index contributed by atoms with van der Waals surface area (Å²) in [7, 11) is 0. The summed E-state index contributed by atoms with van der Waals surface area (Å²) < 4.78 is 11.6. The average molecular weight is 401 g/mol. The summed E-state index contributed by atoms with van der Waals surface area (Å²) in [5, 5.41) is 12.5. The van der Waals surface area contributed by atoms with Crippen molar-refractivity contribution in [2.45, 2.75) is 37.7 Å². The summed E-state index contributed by atoms with van der Waals surface area (Å²) >= 11 is 0. The zero-order valence-electron chi connectivity index (χ0n) is 16.5. The van der Waals surface area contributed by atoms with Crippen molar-refractivity contribution in [2.75, 3.05) is 0 Å². The zero-order valence-corrected chi connectivity index (χ0v) is 16.5. The first-order valence-corrected chi connectivity index (χ1v) is 10.3. The molecule has 1 saturated carbocycles. The summed E-state index contributed by atoms with van der Waals surface area (Å²) in [5.74, 6) is 1.41. The molecule has 3 aromatic carbocycles. The second-order valence-electron chi connectivity index (χ2n) is 7.86. The first-order valence-electron chi connectivity index (χ1n) is 10.3. The summed E-state index contributed by atoms with van der Waals surface area (Å²) in [6, 6.07) is 22.2. The molecule has 0 spiro atoms. The third-order valence-electron chi connectivity index (χ3n) is 5.98. The van der Waals surface area contributed by atoms with Crippen LogP contribution in [0.15, 0.2) is 66.7 Å². The maximum absolute atomic E-state index is 11.2. The zero-order chi connectivity index (χ0) is 20.5. The monoisotopic (exact) mass is 401 g/mol. The highest BCUT2D eigenvalue weighted by Crippen LogP contribution is 2.43. The van der Waals surface area contributed by atoms with E-state index in [2.05, 4.69) is 23.2 Å². The number of ether oxygens (including phenoxy) is 2. The van der Waals surface area contributed by atoms with E-state index < -0.39 is 6.16 Å². The molecule has 0 saturated heterocycles. The molecule has 0 aliphatic heterocycles. The van der Waals surface area contributed by atoms with Gasteiger partial charge in [0.05, 0.1) is 6.10 Å². The van der Waals surface area contributed by atoms with Crippen LogP contribution in [-0.2, 0) is 0 Å². The van der Waals surface area contributed by atoms with Crippen molar-refractivity contribution >= 4 is 27.8 Å². The fourth-order valence-corrected chi connectivity index (χ4v) is 4.70. The van der Waals surface area contributed by atoms with Crippen molar-refractivity contribution in [3.8, 4) is 11.6 Å². The molecule has 1 fully saturated rings. The Morgan fingerprint density at radius 3 is 2.57 bits per heavy atom. The number of H-pyrrole nitrogens is 1. The van der Waals surface area contributed by atoms with E-state index in [1.807, 2.05) is 48.5 Å². The molecule has 2 N–H and O–H groups in total. The Morgan fingerprint density at radius 2 is 1.70 bits per heavy atom. The van der Waals surface area contributed by atoms with Crippen LogP contribution < -0.4 is 9.47 Å². The standard InChI is InChI=1S/C25H23NO4/c27-25(28)30-24-23(20-12-3-4-13-21(20)26-24)17-9-5-10-18(15-17)29-22-14-6-8-16-7-1-2-11-19(16)22/h1-4,6-8,11-14,17-18,26H,5,9-10,15H2,(H,27,28). The lowest BCUT2D eigenvalue weighted by atomic mass is 9.82. The van der Waals surface area contributed by atoms with E-state index in [0.717, 1.165) is 58.7 Å². The highest BCUT2D eigenvalue weighted by molar-refractivity contribution is 5.88. The molecule has 2 atom stereocenters. The van der Waals surface area contributed by atoms with Crippen LogP contribution in [0.1, 0.15) is 37.2 Å². The minimum absolute atomic E-state index is 0.0703. The molecule has 2 unspecified atom stereocenters. The number of rotatable bonds is 4. The Bertz CT molecular complexity index is 1210. The predicted molar refractivity (Wildman–Crippen MR) is 117 cm³/mol. The fraction of sp³-hybridized carbons (Fsp3) is 0.240. The van der Waals surface area contributed by atoms with Gasteiger partial charge in [0, 0.05) is 21.9 Å². The van der Waals surface area contributed by atoms with Gasteiger partial charge >= 0.3 is 6.16 Å². The molecule has 152 valence electrons. The van der Waals surface area contributed by atoms with E-state index in [-0.39, 0.29) is 12.0 Å². The molecule has 0 amide bonds. The van der Waals surface area contributed by atoms with Crippen LogP contribution in [0.3, 0.4) is 0 Å². The number of aromatic nitrogens is 1. The molecule has 5 heteroatoms. The molecule has 0 radical (unpaired) electrons. The number of hydrogen-bond acceptors (Lipinski definition) is 3. The highest BCUT2D eigenvalue weighted by atomic mass is 16.7. The van der Waals surface area contributed by atoms with E-state index in [9.17, 15) is 9.90 Å². The molecular weight excluding hydrogens is 378 g/mol. The number of para-hydroxylation sites is 1. The maximum atomic E-state index is 11.2. The van der Waals surface area contributed by atoms with Gasteiger partial charge in [-0.1, -0.05) is 54.6 Å². The van der Waals surface area contributed by atoms with Gasteiger partial charge < -0.3 is 19.6 Å². The fourth-order valence-electron chi connectivity index (χ4n) is 4.70. The second-order valence-corrected chi connectivity index (χ2v) is 7.86. The molecule has 1 aliphatic carbocycles. The van der Waals surface area contributed by atoms with Gasteiger partial charge in [0.25, 0.3) is 0 Å². The van der Waals surface area contributed by atoms with Crippen LogP contribution in [-0.4, -0.2) is 22.3 Å². The number of benzene rings is 3. The number of fused-ring (bicyclic) bond motifs is 2. The van der Waals surface area contributed by atoms with Crippen LogP contribution in [0.4, 0.5) is 4.79 Å². The molecule has 30 heavy (non-hydrogen) atoms. The molecule has 0 bridgehead atoms. The average Bonchev–Trinajstić information content (AvgIpc) is 3.11. The smallest absolute Gasteiger partial charge is 0.490 e. The Balaban J connectivity index is 1.45. The minimum Gasteiger partial charge on any atom is -0.490 e. The van der Waals surface area contributed by atoms with E-state index in [1.54, 1.807) is 0 Å². The van der Waals surface area contributed by atoms with Crippen LogP contribution in [0.25, 0.3) is 21.7 Å². The Labute approximate surface area is 174 Å². The lowest BCUT2D eigenvalue weighted by Gasteiger charge is -2.30. The summed E-state index contributed by atoms with van der Waals surface area (Å²) in [6.07, 6.45) is 2.57. The first-order chi connectivity index (χ1) is 14.7. The first kappa shape index (κ1) is 18.6. The molecular formula is C25H23NO4. The molecule has 5 nitrogen and oxygen atoms in total. The van der Waals surface area contributed by atoms with Crippen LogP contribution in [0.5, 0.6) is 11.6 Å². The van der Waals surface area contributed by atoms with Crippen LogP contribution in [0.2, 0.25) is 0 Å². The van der Waals surface area contributed by atoms with Crippen molar-refractivity contribution in [1.29, 1.82) is 0 Å². The number of carboxylic acid groups (broad SMARTS) is 1. The van der Waals surface area contributed by atoms with Gasteiger partial charge in [-0.05, 0) is 49.1 Å². The van der Waals surface area contributed by atoms with Gasteiger partial charge in [-0.3, -0.25) is 0 Å². The van der Waals surface area contributed by atoms with Gasteiger partial charge in [-0.2, -0.15) is 0 Å². The van der Waals surface area contributed by atoms with Crippen molar-refractivity contribution in [3.05, 3.63) is 72.3 Å². The molecule has 5 rings (SSSR count). The summed E-state index contributed by atoms with van der Waals surface area (Å²) in [6.45, 7) is 0. The van der Waals surface area contributed by atoms with Crippen molar-refractivity contribution in [3.63, 3.8) is 0 Å². The maximum Gasteiger partial charge on any atom is 0.512 e. The predicted octanol–water partition coefficient (Wildman–Crippen LogP) is 6.48. The third-order valence-corrected chi connectivity index (χ3v) is 5.98. The summed E-state index contributed by atoms with van der Waals surface area (Å²) in [5.41, 5.74) is 1.83. The SMILES string of the molecule is O=C(O)Oc1[nH]c2ccccc2c1C1CCCC(Oc2cccc3ccccc23)C1. The number of nitrogens with one attached hydrogen (secondary N) is 1. The molecule has 4 aromatic rings. The van der Waals surface area contributed by atoms with Gasteiger partial charge in [0.15, 0.2) is 0 Å². The van der Waals surface area contributed by atoms with E-state index in [4.69, 9.17) is 9.47 Å². The quantitative estimate of drug-likeness (QED) is 0.384. The van der Waals surface area contributed by atoms with Crippen molar-refractivity contribution in [1.82, 2.24) is 4.98 Å². The van der Waals surface area contributed by atoms with Crippen LogP contribution >= 0.6 is 0 Å². The highest BCUT2D eigenvalue weighted by Gasteiger charge is 2.30. The van der Waals surface area contributed by atoms with Crippen LogP contribution in [0, 0.1) is 0 Å². The normalized spacial score (nSPS) is 19.1. The Hall–Kier alpha value is -3.47. The van der Waals surface area contributed by atoms with Crippen molar-refractivity contribution in [2.24, 2.45) is 0 Å². The number of carbonyl (C=O) groups is 1. The summed E-state index contributed by atoms with van der Waals surface area (Å²) in [4.78, 5) is 14.4. The van der Waals surface area contributed by atoms with Gasteiger partial charge in [0.1, 0.15) is 5.75 Å². The van der Waals surface area contributed by atoms with Gasteiger partial charge in [-0.25, -0.2) is 4.79 Å². The Morgan fingerprint density at radius 1 is 0.933 bits per heavy atom. The van der Waals surface area contributed by atoms with Gasteiger partial charge in [0.2, 0.25) is 5.88 Å². The van der Waals surface area contributed by atoms with E-state index in [1.165, 1.54) is 0 Å². The largest absolute Gasteiger partial charge is 0.512 e. The molecule has 1 aromatic heterocycles. The van der Waals surface area contributed by atoms with E-state index in [0.29, 0.717) is 5.88 Å². The van der Waals surface area contributed by atoms with Gasteiger partial charge in [-0.15, -0.1) is 0 Å². The molecule has 1 aliphatic rings. The number of aromatic amines is 1.